The molecule has 0 spiro atoms. The second-order valence-corrected chi connectivity index (χ2v) is 3.69. The van der Waals surface area contributed by atoms with Crippen LogP contribution in [0.2, 0.25) is 5.02 Å². The molecular weight excluding hydrogens is 192 g/mol. The van der Waals surface area contributed by atoms with Crippen LogP contribution in [0.25, 0.3) is 0 Å². The standard InChI is InChI=1S/C9H11ClOS/c1-11-9(12-2)7-3-5-8(10)6-4-7/h3-6,9H,1-2H3/t9-/m0/s1. The maximum absolute atomic E-state index is 5.76. The molecular formula is C9H11ClOS. The van der Waals surface area contributed by atoms with Crippen molar-refractivity contribution < 1.29 is 4.74 Å². The van der Waals surface area contributed by atoms with Crippen molar-refractivity contribution >= 4 is 23.4 Å². The summed E-state index contributed by atoms with van der Waals surface area (Å²) in [6.07, 6.45) is 2.02. The van der Waals surface area contributed by atoms with Crippen LogP contribution in [0.15, 0.2) is 24.3 Å². The molecule has 1 rings (SSSR count). The summed E-state index contributed by atoms with van der Waals surface area (Å²) in [7, 11) is 1.70. The third-order valence-electron chi connectivity index (χ3n) is 1.57. The third-order valence-corrected chi connectivity index (χ3v) is 2.72. The van der Waals surface area contributed by atoms with Gasteiger partial charge < -0.3 is 4.74 Å². The van der Waals surface area contributed by atoms with E-state index in [2.05, 4.69) is 0 Å². The van der Waals surface area contributed by atoms with Crippen LogP contribution in [0.4, 0.5) is 0 Å². The lowest BCUT2D eigenvalue weighted by atomic mass is 10.2. The highest BCUT2D eigenvalue weighted by molar-refractivity contribution is 7.98. The van der Waals surface area contributed by atoms with Crippen molar-refractivity contribution in [2.75, 3.05) is 13.4 Å². The van der Waals surface area contributed by atoms with E-state index in [1.807, 2.05) is 30.5 Å². The van der Waals surface area contributed by atoms with Crippen LogP contribution >= 0.6 is 23.4 Å². The summed E-state index contributed by atoms with van der Waals surface area (Å²) in [6, 6.07) is 7.71. The van der Waals surface area contributed by atoms with Crippen molar-refractivity contribution in [3.8, 4) is 0 Å². The molecule has 1 nitrogen and oxygen atoms in total. The van der Waals surface area contributed by atoms with Crippen molar-refractivity contribution in [2.24, 2.45) is 0 Å². The fraction of sp³-hybridized carbons (Fsp3) is 0.333. The Hall–Kier alpha value is -0.180. The maximum Gasteiger partial charge on any atom is 0.127 e. The van der Waals surface area contributed by atoms with E-state index >= 15 is 0 Å². The van der Waals surface area contributed by atoms with Crippen molar-refractivity contribution in [1.82, 2.24) is 0 Å². The molecule has 0 amide bonds. The van der Waals surface area contributed by atoms with Gasteiger partial charge in [0.15, 0.2) is 0 Å². The van der Waals surface area contributed by atoms with E-state index < -0.39 is 0 Å². The summed E-state index contributed by atoms with van der Waals surface area (Å²) in [5, 5.41) is 0.759. The van der Waals surface area contributed by atoms with Gasteiger partial charge in [0.2, 0.25) is 0 Å². The summed E-state index contributed by atoms with van der Waals surface area (Å²) in [6.45, 7) is 0. The van der Waals surface area contributed by atoms with E-state index in [-0.39, 0.29) is 5.44 Å². The highest BCUT2D eigenvalue weighted by atomic mass is 35.5. The molecule has 0 N–H and O–H groups in total. The molecule has 0 fully saturated rings. The minimum atomic E-state index is 0.113. The van der Waals surface area contributed by atoms with Crippen LogP contribution < -0.4 is 0 Å². The first-order valence-corrected chi connectivity index (χ1v) is 5.25. The van der Waals surface area contributed by atoms with Crippen molar-refractivity contribution in [3.63, 3.8) is 0 Å². The van der Waals surface area contributed by atoms with E-state index in [1.165, 1.54) is 0 Å². The van der Waals surface area contributed by atoms with Crippen LogP contribution in [0.5, 0.6) is 0 Å². The fourth-order valence-corrected chi connectivity index (χ4v) is 1.74. The Kier molecular flexibility index (Phi) is 3.92. The molecule has 0 heterocycles. The van der Waals surface area contributed by atoms with Gasteiger partial charge in [-0.15, -0.1) is 11.8 Å². The zero-order valence-electron chi connectivity index (χ0n) is 7.08. The molecule has 0 aromatic heterocycles. The Morgan fingerprint density at radius 1 is 1.33 bits per heavy atom. The van der Waals surface area contributed by atoms with Crippen LogP contribution in [0.3, 0.4) is 0 Å². The molecule has 0 aliphatic rings. The van der Waals surface area contributed by atoms with E-state index in [4.69, 9.17) is 16.3 Å². The van der Waals surface area contributed by atoms with Crippen molar-refractivity contribution in [2.45, 2.75) is 5.44 Å². The Morgan fingerprint density at radius 2 is 1.92 bits per heavy atom. The van der Waals surface area contributed by atoms with Gasteiger partial charge in [0.25, 0.3) is 0 Å². The third kappa shape index (κ3) is 2.41. The monoisotopic (exact) mass is 202 g/mol. The predicted octanol–water partition coefficient (Wildman–Crippen LogP) is 3.35. The second kappa shape index (κ2) is 4.75. The minimum Gasteiger partial charge on any atom is -0.366 e. The zero-order valence-corrected chi connectivity index (χ0v) is 8.65. The van der Waals surface area contributed by atoms with Gasteiger partial charge in [0, 0.05) is 12.1 Å². The van der Waals surface area contributed by atoms with Gasteiger partial charge in [0.05, 0.1) is 0 Å². The highest BCUT2D eigenvalue weighted by Gasteiger charge is 2.06. The number of thioether (sulfide) groups is 1. The van der Waals surface area contributed by atoms with E-state index in [9.17, 15) is 0 Å². The molecule has 1 aromatic rings. The maximum atomic E-state index is 5.76. The van der Waals surface area contributed by atoms with Crippen LogP contribution in [-0.2, 0) is 4.74 Å². The van der Waals surface area contributed by atoms with Crippen LogP contribution in [0, 0.1) is 0 Å². The SMILES string of the molecule is CO[C@@H](SC)c1ccc(Cl)cc1. The molecule has 0 saturated heterocycles. The van der Waals surface area contributed by atoms with Gasteiger partial charge in [-0.1, -0.05) is 23.7 Å². The summed E-state index contributed by atoms with van der Waals surface area (Å²) in [5.41, 5.74) is 1.26. The van der Waals surface area contributed by atoms with Crippen LogP contribution in [-0.4, -0.2) is 13.4 Å². The topological polar surface area (TPSA) is 9.23 Å². The number of methoxy groups -OCH3 is 1. The summed E-state index contributed by atoms with van der Waals surface area (Å²) in [4.78, 5) is 0. The number of halogens is 1. The van der Waals surface area contributed by atoms with Crippen molar-refractivity contribution in [3.05, 3.63) is 34.9 Å². The molecule has 0 radical (unpaired) electrons. The average molecular weight is 203 g/mol. The Bertz CT molecular complexity index is 231. The summed E-state index contributed by atoms with van der Waals surface area (Å²) < 4.78 is 5.25. The van der Waals surface area contributed by atoms with E-state index in [1.54, 1.807) is 18.9 Å². The average Bonchev–Trinajstić information content (AvgIpc) is 2.10. The van der Waals surface area contributed by atoms with Gasteiger partial charge in [-0.05, 0) is 24.0 Å². The zero-order chi connectivity index (χ0) is 8.97. The lowest BCUT2D eigenvalue weighted by Crippen LogP contribution is -1.94. The molecule has 66 valence electrons. The first kappa shape index (κ1) is 9.90. The van der Waals surface area contributed by atoms with Gasteiger partial charge in [-0.2, -0.15) is 0 Å². The molecule has 1 aromatic carbocycles. The molecule has 12 heavy (non-hydrogen) atoms. The smallest absolute Gasteiger partial charge is 0.127 e. The Morgan fingerprint density at radius 3 is 2.33 bits per heavy atom. The number of rotatable bonds is 3. The molecule has 0 aliphatic carbocycles. The molecule has 0 aliphatic heterocycles. The Labute approximate surface area is 82.1 Å². The fourth-order valence-electron chi connectivity index (χ4n) is 0.988. The van der Waals surface area contributed by atoms with Crippen molar-refractivity contribution in [1.29, 1.82) is 0 Å². The number of ether oxygens (including phenoxy) is 1. The lowest BCUT2D eigenvalue weighted by molar-refractivity contribution is 0.176. The lowest BCUT2D eigenvalue weighted by Gasteiger charge is -2.12. The number of hydrogen-bond donors (Lipinski definition) is 0. The number of hydrogen-bond acceptors (Lipinski definition) is 2. The minimum absolute atomic E-state index is 0.113. The number of benzene rings is 1. The van der Waals surface area contributed by atoms with E-state index in [0.717, 1.165) is 10.6 Å². The summed E-state index contributed by atoms with van der Waals surface area (Å²) >= 11 is 7.42. The van der Waals surface area contributed by atoms with Gasteiger partial charge in [-0.25, -0.2) is 0 Å². The normalized spacial score (nSPS) is 12.9. The first-order valence-electron chi connectivity index (χ1n) is 3.59. The molecule has 0 bridgehead atoms. The van der Waals surface area contributed by atoms with E-state index in [0.29, 0.717) is 0 Å². The first-order chi connectivity index (χ1) is 5.77. The molecule has 1 atom stereocenters. The quantitative estimate of drug-likeness (QED) is 0.696. The summed E-state index contributed by atoms with van der Waals surface area (Å²) in [5.74, 6) is 0. The Balaban J connectivity index is 2.80. The molecule has 0 saturated carbocycles. The largest absolute Gasteiger partial charge is 0.366 e. The van der Waals surface area contributed by atoms with Gasteiger partial charge in [-0.3, -0.25) is 0 Å². The molecule has 3 heteroatoms. The molecule has 0 unspecified atom stereocenters. The van der Waals surface area contributed by atoms with Gasteiger partial charge >= 0.3 is 0 Å². The predicted molar refractivity (Wildman–Crippen MR) is 54.7 cm³/mol. The second-order valence-electron chi connectivity index (χ2n) is 2.35. The van der Waals surface area contributed by atoms with Gasteiger partial charge in [0.1, 0.15) is 5.44 Å². The van der Waals surface area contributed by atoms with Crippen LogP contribution in [0.1, 0.15) is 11.0 Å². The highest BCUT2D eigenvalue weighted by Crippen LogP contribution is 2.27.